The van der Waals surface area contributed by atoms with E-state index in [0.717, 1.165) is 12.2 Å². The normalized spacial score (nSPS) is 19.0. The van der Waals surface area contributed by atoms with E-state index in [0.29, 0.717) is 12.1 Å². The van der Waals surface area contributed by atoms with E-state index >= 15 is 0 Å². The van der Waals surface area contributed by atoms with E-state index in [2.05, 4.69) is 66.8 Å². The Kier molecular flexibility index (Phi) is 5.00. The number of benzene rings is 2. The topological polar surface area (TPSA) is 12.0 Å². The van der Waals surface area contributed by atoms with Gasteiger partial charge in [-0.3, -0.25) is 0 Å². The molecular formula is C19H23NS. The molecule has 0 aliphatic carbocycles. The minimum absolute atomic E-state index is 0.505. The highest BCUT2D eigenvalue weighted by molar-refractivity contribution is 7.98. The van der Waals surface area contributed by atoms with Crippen molar-refractivity contribution in [2.75, 3.05) is 5.75 Å². The van der Waals surface area contributed by atoms with Crippen LogP contribution in [0.25, 0.3) is 0 Å². The lowest BCUT2D eigenvalue weighted by Gasteiger charge is -2.29. The van der Waals surface area contributed by atoms with Gasteiger partial charge >= 0.3 is 0 Å². The van der Waals surface area contributed by atoms with Gasteiger partial charge in [-0.2, -0.15) is 11.8 Å². The van der Waals surface area contributed by atoms with Crippen LogP contribution in [0.3, 0.4) is 0 Å². The van der Waals surface area contributed by atoms with Crippen molar-refractivity contribution in [2.24, 2.45) is 0 Å². The van der Waals surface area contributed by atoms with Crippen LogP contribution in [0.5, 0.6) is 0 Å². The standard InChI is InChI=1S/C19H23NS/c1-15(11-12-16-7-3-2-4-8-16)20-19-14-21-13-17-9-5-6-10-18(17)19/h2-10,15,19-20H,11-14H2,1H3. The fraction of sp³-hybridized carbons (Fsp3) is 0.368. The third kappa shape index (κ3) is 3.90. The molecule has 2 unspecified atom stereocenters. The van der Waals surface area contributed by atoms with Crippen molar-refractivity contribution in [2.45, 2.75) is 37.6 Å². The second kappa shape index (κ2) is 7.15. The van der Waals surface area contributed by atoms with Crippen molar-refractivity contribution in [3.05, 3.63) is 71.3 Å². The van der Waals surface area contributed by atoms with E-state index in [1.54, 1.807) is 0 Å². The molecule has 2 heteroatoms. The zero-order valence-corrected chi connectivity index (χ0v) is 13.4. The molecule has 1 aliphatic rings. The first kappa shape index (κ1) is 14.7. The summed E-state index contributed by atoms with van der Waals surface area (Å²) in [6.45, 7) is 2.31. The maximum absolute atomic E-state index is 3.82. The summed E-state index contributed by atoms with van der Waals surface area (Å²) in [5.74, 6) is 2.35. The third-order valence-corrected chi connectivity index (χ3v) is 5.25. The number of aryl methyl sites for hydroxylation is 1. The molecule has 0 saturated carbocycles. The van der Waals surface area contributed by atoms with E-state index in [9.17, 15) is 0 Å². The molecule has 2 aromatic carbocycles. The van der Waals surface area contributed by atoms with Gasteiger partial charge in [0.15, 0.2) is 0 Å². The molecule has 1 N–H and O–H groups in total. The van der Waals surface area contributed by atoms with Crippen molar-refractivity contribution in [3.63, 3.8) is 0 Å². The molecule has 0 aromatic heterocycles. The average Bonchev–Trinajstić information content (AvgIpc) is 2.54. The zero-order chi connectivity index (χ0) is 14.5. The Morgan fingerprint density at radius 2 is 1.86 bits per heavy atom. The van der Waals surface area contributed by atoms with Crippen molar-refractivity contribution >= 4 is 11.8 Å². The summed E-state index contributed by atoms with van der Waals surface area (Å²) in [6, 6.07) is 20.7. The molecule has 110 valence electrons. The average molecular weight is 297 g/mol. The predicted octanol–water partition coefficient (Wildman–Crippen LogP) is 4.59. The monoisotopic (exact) mass is 297 g/mol. The molecule has 1 heterocycles. The van der Waals surface area contributed by atoms with Crippen LogP contribution in [0.15, 0.2) is 54.6 Å². The molecule has 0 amide bonds. The summed E-state index contributed by atoms with van der Waals surface area (Å²) in [4.78, 5) is 0. The summed E-state index contributed by atoms with van der Waals surface area (Å²) in [7, 11) is 0. The van der Waals surface area contributed by atoms with Crippen molar-refractivity contribution in [1.82, 2.24) is 5.32 Å². The van der Waals surface area contributed by atoms with Gasteiger partial charge in [0.25, 0.3) is 0 Å². The number of hydrogen-bond donors (Lipinski definition) is 1. The van der Waals surface area contributed by atoms with Gasteiger partial charge in [0, 0.05) is 23.6 Å². The van der Waals surface area contributed by atoms with Gasteiger partial charge in [-0.1, -0.05) is 54.6 Å². The van der Waals surface area contributed by atoms with Gasteiger partial charge in [-0.25, -0.2) is 0 Å². The summed E-state index contributed by atoms with van der Waals surface area (Å²) in [5, 5.41) is 3.82. The lowest BCUT2D eigenvalue weighted by molar-refractivity contribution is 0.457. The summed E-state index contributed by atoms with van der Waals surface area (Å²) in [6.07, 6.45) is 2.34. The minimum atomic E-state index is 0.505. The van der Waals surface area contributed by atoms with Gasteiger partial charge in [0.1, 0.15) is 0 Å². The summed E-state index contributed by atoms with van der Waals surface area (Å²) >= 11 is 2.04. The molecule has 21 heavy (non-hydrogen) atoms. The molecule has 0 fully saturated rings. The lowest BCUT2D eigenvalue weighted by atomic mass is 10.00. The molecule has 0 spiro atoms. The molecule has 1 nitrogen and oxygen atoms in total. The highest BCUT2D eigenvalue weighted by Gasteiger charge is 2.21. The van der Waals surface area contributed by atoms with E-state index in [-0.39, 0.29) is 0 Å². The first-order chi connectivity index (χ1) is 10.3. The quantitative estimate of drug-likeness (QED) is 0.866. The number of hydrogen-bond acceptors (Lipinski definition) is 2. The fourth-order valence-corrected chi connectivity index (χ4v) is 4.09. The Morgan fingerprint density at radius 3 is 2.71 bits per heavy atom. The molecule has 2 atom stereocenters. The first-order valence-corrected chi connectivity index (χ1v) is 8.94. The van der Waals surface area contributed by atoms with Crippen molar-refractivity contribution in [3.8, 4) is 0 Å². The maximum atomic E-state index is 3.82. The molecule has 0 bridgehead atoms. The third-order valence-electron chi connectivity index (χ3n) is 4.17. The Bertz CT molecular complexity index is 567. The van der Waals surface area contributed by atoms with Crippen LogP contribution >= 0.6 is 11.8 Å². The second-order valence-corrected chi connectivity index (χ2v) is 6.89. The van der Waals surface area contributed by atoms with Gasteiger partial charge < -0.3 is 5.32 Å². The number of nitrogens with one attached hydrogen (secondary N) is 1. The van der Waals surface area contributed by atoms with Gasteiger partial charge in [-0.05, 0) is 36.5 Å². The van der Waals surface area contributed by atoms with Crippen LogP contribution in [0.1, 0.15) is 36.1 Å². The molecule has 0 saturated heterocycles. The highest BCUT2D eigenvalue weighted by Crippen LogP contribution is 2.31. The second-order valence-electron chi connectivity index (χ2n) is 5.86. The van der Waals surface area contributed by atoms with Crippen LogP contribution in [0.4, 0.5) is 0 Å². The smallest absolute Gasteiger partial charge is 0.0417 e. The summed E-state index contributed by atoms with van der Waals surface area (Å²) in [5.41, 5.74) is 4.44. The first-order valence-electron chi connectivity index (χ1n) is 7.78. The largest absolute Gasteiger partial charge is 0.307 e. The predicted molar refractivity (Wildman–Crippen MR) is 92.7 cm³/mol. The van der Waals surface area contributed by atoms with Gasteiger partial charge in [-0.15, -0.1) is 0 Å². The van der Waals surface area contributed by atoms with Crippen molar-refractivity contribution < 1.29 is 0 Å². The summed E-state index contributed by atoms with van der Waals surface area (Å²) < 4.78 is 0. The maximum Gasteiger partial charge on any atom is 0.0417 e. The molecule has 3 rings (SSSR count). The lowest BCUT2D eigenvalue weighted by Crippen LogP contribution is -2.34. The fourth-order valence-electron chi connectivity index (χ4n) is 2.97. The number of thioether (sulfide) groups is 1. The van der Waals surface area contributed by atoms with E-state index < -0.39 is 0 Å². The van der Waals surface area contributed by atoms with E-state index in [1.165, 1.54) is 28.9 Å². The Morgan fingerprint density at radius 1 is 1.10 bits per heavy atom. The van der Waals surface area contributed by atoms with E-state index in [4.69, 9.17) is 0 Å². The van der Waals surface area contributed by atoms with Gasteiger partial charge in [0.2, 0.25) is 0 Å². The van der Waals surface area contributed by atoms with Crippen LogP contribution in [0.2, 0.25) is 0 Å². The molecule has 0 radical (unpaired) electrons. The van der Waals surface area contributed by atoms with Crippen molar-refractivity contribution in [1.29, 1.82) is 0 Å². The molecule has 1 aliphatic heterocycles. The minimum Gasteiger partial charge on any atom is -0.307 e. The Labute approximate surface area is 132 Å². The zero-order valence-electron chi connectivity index (χ0n) is 12.6. The number of fused-ring (bicyclic) bond motifs is 1. The van der Waals surface area contributed by atoms with Crippen LogP contribution in [0, 0.1) is 0 Å². The van der Waals surface area contributed by atoms with Gasteiger partial charge in [0.05, 0.1) is 0 Å². The number of rotatable bonds is 5. The van der Waals surface area contributed by atoms with Crippen LogP contribution < -0.4 is 5.32 Å². The SMILES string of the molecule is CC(CCc1ccccc1)NC1CSCc2ccccc21. The Hall–Kier alpha value is -1.25. The van der Waals surface area contributed by atoms with Crippen LogP contribution in [-0.4, -0.2) is 11.8 Å². The Balaban J connectivity index is 1.57. The molecule has 2 aromatic rings. The molecular weight excluding hydrogens is 274 g/mol. The van der Waals surface area contributed by atoms with Crippen LogP contribution in [-0.2, 0) is 12.2 Å². The van der Waals surface area contributed by atoms with E-state index in [1.807, 2.05) is 11.8 Å². The highest BCUT2D eigenvalue weighted by atomic mass is 32.2.